The molecule has 0 radical (unpaired) electrons. The third kappa shape index (κ3) is 3.58. The molecule has 0 spiro atoms. The lowest BCUT2D eigenvalue weighted by atomic mass is 10.0. The Balaban J connectivity index is 1.65. The van der Waals surface area contributed by atoms with E-state index in [-0.39, 0.29) is 10.9 Å². The molecule has 2 aliphatic rings. The molecule has 3 heterocycles. The monoisotopic (exact) mass is 413 g/mol. The molecule has 1 atom stereocenters. The summed E-state index contributed by atoms with van der Waals surface area (Å²) in [6, 6.07) is 11.1. The molecule has 1 N–H and O–H groups in total. The van der Waals surface area contributed by atoms with E-state index >= 15 is 0 Å². The van der Waals surface area contributed by atoms with E-state index in [1.165, 1.54) is 11.1 Å². The number of carbonyl (C=O) groups is 3. The first-order valence-corrected chi connectivity index (χ1v) is 10.1. The van der Waals surface area contributed by atoms with Gasteiger partial charge in [-0.2, -0.15) is 5.10 Å². The SMILES string of the molecule is COc1ccc(C2=NN(C(=O)/C=C3\SC(=O)NC3=O)C(c3cccs3)C2)cc1. The van der Waals surface area contributed by atoms with Gasteiger partial charge in [0.1, 0.15) is 5.75 Å². The molecule has 2 aliphatic heterocycles. The molecule has 1 aromatic carbocycles. The number of thiophene rings is 1. The van der Waals surface area contributed by atoms with Crippen LogP contribution in [0.5, 0.6) is 5.75 Å². The molecule has 9 heteroatoms. The van der Waals surface area contributed by atoms with Crippen LogP contribution < -0.4 is 10.1 Å². The third-order valence-electron chi connectivity index (χ3n) is 4.33. The van der Waals surface area contributed by atoms with Crippen molar-refractivity contribution in [3.63, 3.8) is 0 Å². The van der Waals surface area contributed by atoms with Gasteiger partial charge in [0.05, 0.1) is 23.8 Å². The molecule has 28 heavy (non-hydrogen) atoms. The van der Waals surface area contributed by atoms with E-state index < -0.39 is 17.1 Å². The van der Waals surface area contributed by atoms with E-state index in [1.807, 2.05) is 41.8 Å². The van der Waals surface area contributed by atoms with Crippen LogP contribution in [0.15, 0.2) is 57.9 Å². The quantitative estimate of drug-likeness (QED) is 0.777. The summed E-state index contributed by atoms with van der Waals surface area (Å²) in [4.78, 5) is 37.0. The Morgan fingerprint density at radius 1 is 1.29 bits per heavy atom. The number of nitrogens with zero attached hydrogens (tertiary/aromatic N) is 2. The largest absolute Gasteiger partial charge is 0.497 e. The normalized spacial score (nSPS) is 20.5. The average molecular weight is 413 g/mol. The Morgan fingerprint density at radius 2 is 2.07 bits per heavy atom. The molecule has 0 saturated carbocycles. The zero-order valence-electron chi connectivity index (χ0n) is 14.7. The Labute approximate surface area is 169 Å². The maximum atomic E-state index is 12.9. The molecule has 7 nitrogen and oxygen atoms in total. The summed E-state index contributed by atoms with van der Waals surface area (Å²) in [5.41, 5.74) is 1.67. The van der Waals surface area contributed by atoms with Gasteiger partial charge in [0.2, 0.25) is 0 Å². The second-order valence-corrected chi connectivity index (χ2v) is 8.04. The van der Waals surface area contributed by atoms with Gasteiger partial charge in [-0.15, -0.1) is 11.3 Å². The van der Waals surface area contributed by atoms with Gasteiger partial charge in [-0.3, -0.25) is 19.7 Å². The van der Waals surface area contributed by atoms with Crippen molar-refractivity contribution >= 4 is 45.9 Å². The molecule has 1 unspecified atom stereocenters. The molecule has 1 saturated heterocycles. The molecule has 3 amide bonds. The Kier molecular flexibility index (Phi) is 5.01. The van der Waals surface area contributed by atoms with Crippen molar-refractivity contribution in [1.82, 2.24) is 10.3 Å². The summed E-state index contributed by atoms with van der Waals surface area (Å²) in [7, 11) is 1.60. The summed E-state index contributed by atoms with van der Waals surface area (Å²) in [5, 5.41) is 9.53. The van der Waals surface area contributed by atoms with Crippen molar-refractivity contribution in [2.24, 2.45) is 5.10 Å². The molecule has 1 fully saturated rings. The van der Waals surface area contributed by atoms with Crippen molar-refractivity contribution in [2.75, 3.05) is 7.11 Å². The zero-order valence-corrected chi connectivity index (χ0v) is 16.4. The highest BCUT2D eigenvalue weighted by Gasteiger charge is 2.34. The molecule has 0 bridgehead atoms. The molecule has 4 rings (SSSR count). The van der Waals surface area contributed by atoms with E-state index in [0.717, 1.165) is 21.9 Å². The summed E-state index contributed by atoms with van der Waals surface area (Å²) in [6.07, 6.45) is 1.73. The van der Waals surface area contributed by atoms with Gasteiger partial charge in [0.15, 0.2) is 0 Å². The van der Waals surface area contributed by atoms with Crippen LogP contribution in [0.3, 0.4) is 0 Å². The number of hydrazone groups is 1. The number of hydrogen-bond donors (Lipinski definition) is 1. The van der Waals surface area contributed by atoms with Crippen molar-refractivity contribution in [2.45, 2.75) is 12.5 Å². The van der Waals surface area contributed by atoms with Crippen LogP contribution in [0.4, 0.5) is 4.79 Å². The average Bonchev–Trinajstić information content (AvgIpc) is 3.42. The fourth-order valence-electron chi connectivity index (χ4n) is 2.97. The number of methoxy groups -OCH3 is 1. The van der Waals surface area contributed by atoms with Crippen molar-refractivity contribution in [3.05, 3.63) is 63.2 Å². The smallest absolute Gasteiger partial charge is 0.290 e. The van der Waals surface area contributed by atoms with Crippen LogP contribution in [0, 0.1) is 0 Å². The van der Waals surface area contributed by atoms with Crippen LogP contribution >= 0.6 is 23.1 Å². The lowest BCUT2D eigenvalue weighted by molar-refractivity contribution is -0.128. The molecular formula is C19H15N3O4S2. The highest BCUT2D eigenvalue weighted by atomic mass is 32.2. The van der Waals surface area contributed by atoms with Gasteiger partial charge in [0.25, 0.3) is 17.1 Å². The summed E-state index contributed by atoms with van der Waals surface area (Å²) >= 11 is 2.26. The first kappa shape index (κ1) is 18.5. The molecule has 142 valence electrons. The molecule has 2 aromatic rings. The standard InChI is InChI=1S/C19H15N3O4S2/c1-26-12-6-4-11(5-7-12)13-9-14(15-3-2-8-27-15)22(21-13)17(23)10-16-18(24)20-19(25)28-16/h2-8,10,14H,9H2,1H3,(H,20,24,25)/b16-10-. The number of carbonyl (C=O) groups excluding carboxylic acids is 3. The van der Waals surface area contributed by atoms with Gasteiger partial charge < -0.3 is 4.74 Å². The summed E-state index contributed by atoms with van der Waals surface area (Å²) < 4.78 is 5.19. The second-order valence-electron chi connectivity index (χ2n) is 6.05. The third-order valence-corrected chi connectivity index (χ3v) is 6.11. The number of thioether (sulfide) groups is 1. The van der Waals surface area contributed by atoms with Gasteiger partial charge >= 0.3 is 0 Å². The van der Waals surface area contributed by atoms with Crippen molar-refractivity contribution in [1.29, 1.82) is 0 Å². The lowest BCUT2D eigenvalue weighted by Crippen LogP contribution is -2.25. The topological polar surface area (TPSA) is 88.1 Å². The van der Waals surface area contributed by atoms with Crippen LogP contribution in [-0.4, -0.2) is 34.9 Å². The first-order chi connectivity index (χ1) is 13.5. The summed E-state index contributed by atoms with van der Waals surface area (Å²) in [6.45, 7) is 0. The summed E-state index contributed by atoms with van der Waals surface area (Å²) in [5.74, 6) is -0.257. The highest BCUT2D eigenvalue weighted by Crippen LogP contribution is 2.36. The fourth-order valence-corrected chi connectivity index (χ4v) is 4.43. The van der Waals surface area contributed by atoms with Crippen molar-refractivity contribution in [3.8, 4) is 5.75 Å². The number of amides is 3. The van der Waals surface area contributed by atoms with Crippen LogP contribution in [0.1, 0.15) is 22.9 Å². The molecular weight excluding hydrogens is 398 g/mol. The number of imide groups is 1. The number of hydrogen-bond acceptors (Lipinski definition) is 7. The maximum Gasteiger partial charge on any atom is 0.290 e. The predicted octanol–water partition coefficient (Wildman–Crippen LogP) is 3.30. The van der Waals surface area contributed by atoms with Crippen LogP contribution in [0.2, 0.25) is 0 Å². The van der Waals surface area contributed by atoms with E-state index in [4.69, 9.17) is 4.74 Å². The van der Waals surface area contributed by atoms with Gasteiger partial charge in [-0.1, -0.05) is 6.07 Å². The number of rotatable bonds is 4. The highest BCUT2D eigenvalue weighted by molar-refractivity contribution is 8.18. The number of benzene rings is 1. The lowest BCUT2D eigenvalue weighted by Gasteiger charge is -2.19. The van der Waals surface area contributed by atoms with E-state index in [1.54, 1.807) is 18.4 Å². The zero-order chi connectivity index (χ0) is 19.7. The molecule has 1 aromatic heterocycles. The van der Waals surface area contributed by atoms with E-state index in [2.05, 4.69) is 10.4 Å². The first-order valence-electron chi connectivity index (χ1n) is 8.38. The van der Waals surface area contributed by atoms with Crippen LogP contribution in [-0.2, 0) is 9.59 Å². The second kappa shape index (κ2) is 7.61. The minimum absolute atomic E-state index is 0.0769. The van der Waals surface area contributed by atoms with Crippen LogP contribution in [0.25, 0.3) is 0 Å². The molecule has 0 aliphatic carbocycles. The van der Waals surface area contributed by atoms with E-state index in [0.29, 0.717) is 18.2 Å². The van der Waals surface area contributed by atoms with Gasteiger partial charge in [0, 0.05) is 17.4 Å². The predicted molar refractivity (Wildman–Crippen MR) is 107 cm³/mol. The maximum absolute atomic E-state index is 12.9. The Morgan fingerprint density at radius 3 is 2.68 bits per heavy atom. The fraction of sp³-hybridized carbons (Fsp3) is 0.158. The Bertz CT molecular complexity index is 997. The van der Waals surface area contributed by atoms with Gasteiger partial charge in [-0.05, 0) is 53.0 Å². The van der Waals surface area contributed by atoms with Crippen molar-refractivity contribution < 1.29 is 19.1 Å². The Hall–Kier alpha value is -2.91. The number of nitrogens with one attached hydrogen (secondary N) is 1. The van der Waals surface area contributed by atoms with Gasteiger partial charge in [-0.25, -0.2) is 5.01 Å². The van der Waals surface area contributed by atoms with E-state index in [9.17, 15) is 14.4 Å². The minimum Gasteiger partial charge on any atom is -0.497 e. The number of ether oxygens (including phenoxy) is 1. The minimum atomic E-state index is -0.561.